The number of hydrogen-bond acceptors (Lipinski definition) is 2. The lowest BCUT2D eigenvalue weighted by Crippen LogP contribution is -2.44. The van der Waals surface area contributed by atoms with E-state index in [1.807, 2.05) is 13.8 Å². The lowest BCUT2D eigenvalue weighted by Gasteiger charge is -2.41. The molecule has 1 rings (SSSR count). The molecule has 1 atom stereocenters. The van der Waals surface area contributed by atoms with Gasteiger partial charge in [0.15, 0.2) is 0 Å². The highest BCUT2D eigenvalue weighted by atomic mass is 16.4. The van der Waals surface area contributed by atoms with Gasteiger partial charge < -0.3 is 10.2 Å². The first-order valence-corrected chi connectivity index (χ1v) is 6.65. The molecule has 3 nitrogen and oxygen atoms in total. The number of rotatable bonds is 4. The van der Waals surface area contributed by atoms with E-state index in [0.717, 1.165) is 12.8 Å². The molecule has 0 saturated heterocycles. The van der Waals surface area contributed by atoms with Gasteiger partial charge in [0.1, 0.15) is 0 Å². The second kappa shape index (κ2) is 4.97. The van der Waals surface area contributed by atoms with Crippen molar-refractivity contribution in [1.29, 1.82) is 0 Å². The van der Waals surface area contributed by atoms with Gasteiger partial charge in [0, 0.05) is 0 Å². The van der Waals surface area contributed by atoms with Crippen molar-refractivity contribution >= 4 is 5.97 Å². The van der Waals surface area contributed by atoms with Gasteiger partial charge in [0.25, 0.3) is 0 Å². The number of carbonyl (C=O) groups is 1. The fourth-order valence-corrected chi connectivity index (χ4v) is 2.67. The Morgan fingerprint density at radius 3 is 2.24 bits per heavy atom. The van der Waals surface area contributed by atoms with Crippen LogP contribution in [0.3, 0.4) is 0 Å². The Hall–Kier alpha value is -0.570. The minimum atomic E-state index is -0.890. The lowest BCUT2D eigenvalue weighted by molar-refractivity contribution is -0.158. The maximum absolute atomic E-state index is 11.6. The van der Waals surface area contributed by atoms with Gasteiger partial charge >= 0.3 is 5.97 Å². The van der Waals surface area contributed by atoms with E-state index in [9.17, 15) is 15.0 Å². The summed E-state index contributed by atoms with van der Waals surface area (Å²) in [7, 11) is 0. The van der Waals surface area contributed by atoms with E-state index in [-0.39, 0.29) is 5.92 Å². The third-order valence-corrected chi connectivity index (χ3v) is 4.63. The van der Waals surface area contributed by atoms with Gasteiger partial charge in [-0.1, -0.05) is 20.8 Å². The molecule has 1 aliphatic rings. The van der Waals surface area contributed by atoms with Crippen LogP contribution < -0.4 is 0 Å². The SMILES string of the molecule is CC1CCC(CC(C)(O)C(C)C)(C(=O)O)CC1. The topological polar surface area (TPSA) is 57.5 Å². The molecule has 1 fully saturated rings. The van der Waals surface area contributed by atoms with E-state index in [1.54, 1.807) is 6.92 Å². The molecule has 0 aliphatic heterocycles. The summed E-state index contributed by atoms with van der Waals surface area (Å²) in [5.41, 5.74) is -1.60. The predicted octanol–water partition coefficient (Wildman–Crippen LogP) is 3.06. The van der Waals surface area contributed by atoms with Gasteiger partial charge in [-0.25, -0.2) is 0 Å². The minimum absolute atomic E-state index is 0.0816. The van der Waals surface area contributed by atoms with E-state index in [2.05, 4.69) is 6.92 Å². The van der Waals surface area contributed by atoms with Crippen LogP contribution in [0, 0.1) is 17.3 Å². The minimum Gasteiger partial charge on any atom is -0.481 e. The molecule has 17 heavy (non-hydrogen) atoms. The van der Waals surface area contributed by atoms with Crippen molar-refractivity contribution in [2.24, 2.45) is 17.3 Å². The van der Waals surface area contributed by atoms with Crippen LogP contribution in [0.5, 0.6) is 0 Å². The van der Waals surface area contributed by atoms with Crippen molar-refractivity contribution in [3.05, 3.63) is 0 Å². The Bertz CT molecular complexity index is 273. The molecular formula is C14H26O3. The third kappa shape index (κ3) is 3.21. The molecule has 1 saturated carbocycles. The second-order valence-corrected chi connectivity index (χ2v) is 6.46. The molecular weight excluding hydrogens is 216 g/mol. The van der Waals surface area contributed by atoms with Crippen LogP contribution in [-0.4, -0.2) is 21.8 Å². The molecule has 0 amide bonds. The quantitative estimate of drug-likeness (QED) is 0.796. The zero-order valence-corrected chi connectivity index (χ0v) is 11.5. The Balaban J connectivity index is 2.84. The Morgan fingerprint density at radius 1 is 1.41 bits per heavy atom. The van der Waals surface area contributed by atoms with Crippen molar-refractivity contribution in [3.8, 4) is 0 Å². The molecule has 0 aromatic heterocycles. The van der Waals surface area contributed by atoms with Crippen molar-refractivity contribution in [2.45, 2.75) is 65.4 Å². The summed E-state index contributed by atoms with van der Waals surface area (Å²) in [6, 6.07) is 0. The molecule has 100 valence electrons. The van der Waals surface area contributed by atoms with Gasteiger partial charge in [0.05, 0.1) is 11.0 Å². The molecule has 2 N–H and O–H groups in total. The van der Waals surface area contributed by atoms with Crippen LogP contribution in [-0.2, 0) is 4.79 Å². The van der Waals surface area contributed by atoms with Gasteiger partial charge in [0.2, 0.25) is 0 Å². The van der Waals surface area contributed by atoms with Crippen molar-refractivity contribution in [1.82, 2.24) is 0 Å². The number of aliphatic hydroxyl groups is 1. The van der Waals surface area contributed by atoms with Gasteiger partial charge in [-0.2, -0.15) is 0 Å². The van der Waals surface area contributed by atoms with Crippen LogP contribution in [0.2, 0.25) is 0 Å². The van der Waals surface area contributed by atoms with Crippen LogP contribution in [0.1, 0.15) is 59.8 Å². The zero-order valence-electron chi connectivity index (χ0n) is 11.5. The van der Waals surface area contributed by atoms with E-state index >= 15 is 0 Å². The van der Waals surface area contributed by atoms with Gasteiger partial charge in [-0.15, -0.1) is 0 Å². The zero-order chi connectivity index (χ0) is 13.3. The molecule has 1 aliphatic carbocycles. The highest BCUT2D eigenvalue weighted by molar-refractivity contribution is 5.74. The summed E-state index contributed by atoms with van der Waals surface area (Å²) in [4.78, 5) is 11.6. The largest absolute Gasteiger partial charge is 0.481 e. The number of carboxylic acid groups (broad SMARTS) is 1. The average molecular weight is 242 g/mol. The molecule has 0 aromatic rings. The fourth-order valence-electron chi connectivity index (χ4n) is 2.67. The predicted molar refractivity (Wildman–Crippen MR) is 67.8 cm³/mol. The third-order valence-electron chi connectivity index (χ3n) is 4.63. The molecule has 0 spiro atoms. The first-order chi connectivity index (χ1) is 7.69. The summed E-state index contributed by atoms with van der Waals surface area (Å²) in [5.74, 6) is -0.0325. The molecule has 0 aromatic carbocycles. The van der Waals surface area contributed by atoms with E-state index < -0.39 is 17.0 Å². The second-order valence-electron chi connectivity index (χ2n) is 6.46. The summed E-state index contributed by atoms with van der Waals surface area (Å²) in [5, 5.41) is 19.9. The lowest BCUT2D eigenvalue weighted by atomic mass is 9.64. The summed E-state index contributed by atoms with van der Waals surface area (Å²) in [6.45, 7) is 7.83. The van der Waals surface area contributed by atoms with Crippen LogP contribution >= 0.6 is 0 Å². The summed E-state index contributed by atoms with van der Waals surface area (Å²) in [6.07, 6.45) is 3.69. The number of hydrogen-bond donors (Lipinski definition) is 2. The van der Waals surface area contributed by atoms with Crippen LogP contribution in [0.25, 0.3) is 0 Å². The molecule has 0 radical (unpaired) electrons. The number of carboxylic acids is 1. The van der Waals surface area contributed by atoms with Crippen LogP contribution in [0.15, 0.2) is 0 Å². The standard InChI is InChI=1S/C14H26O3/c1-10(2)13(4,17)9-14(12(15)16)7-5-11(3)6-8-14/h10-11,17H,5-9H2,1-4H3,(H,15,16). The van der Waals surface area contributed by atoms with Gasteiger partial charge in [-0.3, -0.25) is 4.79 Å². The summed E-state index contributed by atoms with van der Waals surface area (Å²) < 4.78 is 0. The highest BCUT2D eigenvalue weighted by Crippen LogP contribution is 2.45. The average Bonchev–Trinajstić information content (AvgIpc) is 2.21. The first-order valence-electron chi connectivity index (χ1n) is 6.65. The van der Waals surface area contributed by atoms with Crippen molar-refractivity contribution in [2.75, 3.05) is 0 Å². The van der Waals surface area contributed by atoms with E-state index in [0.29, 0.717) is 25.2 Å². The monoisotopic (exact) mass is 242 g/mol. The molecule has 3 heteroatoms. The van der Waals surface area contributed by atoms with Gasteiger partial charge in [-0.05, 0) is 50.9 Å². The Morgan fingerprint density at radius 2 is 1.88 bits per heavy atom. The van der Waals surface area contributed by atoms with Crippen molar-refractivity contribution < 1.29 is 15.0 Å². The molecule has 0 bridgehead atoms. The van der Waals surface area contributed by atoms with E-state index in [4.69, 9.17) is 0 Å². The van der Waals surface area contributed by atoms with Crippen molar-refractivity contribution in [3.63, 3.8) is 0 Å². The highest BCUT2D eigenvalue weighted by Gasteiger charge is 2.46. The smallest absolute Gasteiger partial charge is 0.309 e. The molecule has 0 heterocycles. The Kier molecular flexibility index (Phi) is 4.23. The summed E-state index contributed by atoms with van der Waals surface area (Å²) >= 11 is 0. The van der Waals surface area contributed by atoms with E-state index in [1.165, 1.54) is 0 Å². The maximum Gasteiger partial charge on any atom is 0.309 e. The Labute approximate surface area is 104 Å². The number of aliphatic carboxylic acids is 1. The normalized spacial score (nSPS) is 33.4. The van der Waals surface area contributed by atoms with Crippen LogP contribution in [0.4, 0.5) is 0 Å². The fraction of sp³-hybridized carbons (Fsp3) is 0.929. The first kappa shape index (κ1) is 14.5. The molecule has 1 unspecified atom stereocenters. The maximum atomic E-state index is 11.6.